The Morgan fingerprint density at radius 2 is 0.512 bits per heavy atom. The van der Waals surface area contributed by atoms with Gasteiger partial charge in [0.05, 0.1) is 0 Å². The zero-order chi connectivity index (χ0) is 32.7. The highest BCUT2D eigenvalue weighted by molar-refractivity contribution is 5.28. The molecule has 0 aliphatic heterocycles. The third-order valence-corrected chi connectivity index (χ3v) is 5.21. The number of para-hydroxylation sites is 1. The SMILES string of the molecule is CC.CC(C)c1ccc(O)cc1.CC(C)c1ccc(O)cc1.CO.Oc1ccccc1.c1ccccc1.c1ccccc1. The number of aliphatic hydroxyl groups is 1. The lowest BCUT2D eigenvalue weighted by molar-refractivity contribution is 0.399. The van der Waals surface area contributed by atoms with E-state index in [0.29, 0.717) is 29.1 Å². The van der Waals surface area contributed by atoms with Crippen molar-refractivity contribution in [2.75, 3.05) is 7.11 Å². The summed E-state index contributed by atoms with van der Waals surface area (Å²) in [5.74, 6) is 2.08. The smallest absolute Gasteiger partial charge is 0.115 e. The molecule has 0 aliphatic carbocycles. The summed E-state index contributed by atoms with van der Waals surface area (Å²) in [7, 11) is 1.00. The summed E-state index contributed by atoms with van der Waals surface area (Å²) in [6.45, 7) is 12.5. The molecule has 4 nitrogen and oxygen atoms in total. The highest BCUT2D eigenvalue weighted by Gasteiger charge is 1.97. The van der Waals surface area contributed by atoms with E-state index >= 15 is 0 Å². The summed E-state index contributed by atoms with van der Waals surface area (Å²) in [5, 5.41) is 33.5. The van der Waals surface area contributed by atoms with Gasteiger partial charge in [0, 0.05) is 7.11 Å². The van der Waals surface area contributed by atoms with Crippen molar-refractivity contribution in [2.45, 2.75) is 53.4 Å². The molecule has 43 heavy (non-hydrogen) atoms. The van der Waals surface area contributed by atoms with Crippen molar-refractivity contribution in [1.82, 2.24) is 0 Å². The molecule has 0 spiro atoms. The van der Waals surface area contributed by atoms with Crippen molar-refractivity contribution < 1.29 is 20.4 Å². The molecular formula is C39H52O4. The van der Waals surface area contributed by atoms with Crippen LogP contribution >= 0.6 is 0 Å². The lowest BCUT2D eigenvalue weighted by Gasteiger charge is -2.03. The first-order valence-electron chi connectivity index (χ1n) is 14.6. The van der Waals surface area contributed by atoms with Crippen LogP contribution in [-0.2, 0) is 0 Å². The number of benzene rings is 5. The van der Waals surface area contributed by atoms with Gasteiger partial charge < -0.3 is 20.4 Å². The first-order chi connectivity index (χ1) is 20.8. The van der Waals surface area contributed by atoms with Gasteiger partial charge in [0.15, 0.2) is 0 Å². The number of hydrogen-bond donors (Lipinski definition) is 4. The summed E-state index contributed by atoms with van der Waals surface area (Å²) in [4.78, 5) is 0. The Balaban J connectivity index is 0. The topological polar surface area (TPSA) is 80.9 Å². The predicted molar refractivity (Wildman–Crippen MR) is 185 cm³/mol. The maximum Gasteiger partial charge on any atom is 0.115 e. The Labute approximate surface area is 260 Å². The van der Waals surface area contributed by atoms with Crippen molar-refractivity contribution in [3.8, 4) is 17.2 Å². The summed E-state index contributed by atoms with van der Waals surface area (Å²) >= 11 is 0. The Morgan fingerprint density at radius 1 is 0.326 bits per heavy atom. The molecular weight excluding hydrogens is 532 g/mol. The average Bonchev–Trinajstić information content (AvgIpc) is 3.07. The molecule has 0 bridgehead atoms. The Hall–Kier alpha value is -4.54. The maximum atomic E-state index is 8.94. The van der Waals surface area contributed by atoms with Crippen molar-refractivity contribution >= 4 is 0 Å². The van der Waals surface area contributed by atoms with Gasteiger partial charge in [-0.1, -0.05) is 157 Å². The third kappa shape index (κ3) is 24.9. The molecule has 5 rings (SSSR count). The van der Waals surface area contributed by atoms with Crippen molar-refractivity contribution in [1.29, 1.82) is 0 Å². The van der Waals surface area contributed by atoms with E-state index in [9.17, 15) is 0 Å². The number of phenols is 3. The second kappa shape index (κ2) is 29.0. The zero-order valence-corrected chi connectivity index (χ0v) is 26.9. The van der Waals surface area contributed by atoms with Gasteiger partial charge in [-0.3, -0.25) is 0 Å². The summed E-state index contributed by atoms with van der Waals surface area (Å²) in [5.41, 5.74) is 2.52. The van der Waals surface area contributed by atoms with Gasteiger partial charge >= 0.3 is 0 Å². The minimum atomic E-state index is 0.322. The fraction of sp³-hybridized carbons (Fsp3) is 0.231. The Morgan fingerprint density at radius 3 is 0.674 bits per heavy atom. The second-order valence-corrected chi connectivity index (χ2v) is 9.14. The van der Waals surface area contributed by atoms with Crippen LogP contribution in [0.5, 0.6) is 17.2 Å². The lowest BCUT2D eigenvalue weighted by atomic mass is 10.0. The minimum absolute atomic E-state index is 0.322. The molecule has 0 fully saturated rings. The molecule has 4 heteroatoms. The molecule has 5 aromatic carbocycles. The van der Waals surface area contributed by atoms with Gasteiger partial charge in [0.25, 0.3) is 0 Å². The number of aromatic hydroxyl groups is 3. The first-order valence-corrected chi connectivity index (χ1v) is 14.6. The van der Waals surface area contributed by atoms with E-state index in [-0.39, 0.29) is 0 Å². The van der Waals surface area contributed by atoms with E-state index in [0.717, 1.165) is 7.11 Å². The molecule has 0 radical (unpaired) electrons. The molecule has 0 amide bonds. The van der Waals surface area contributed by atoms with E-state index in [1.165, 1.54) is 11.1 Å². The first kappa shape index (κ1) is 40.6. The quantitative estimate of drug-likeness (QED) is 0.166. The molecule has 232 valence electrons. The van der Waals surface area contributed by atoms with Gasteiger partial charge in [-0.2, -0.15) is 0 Å². The Bertz CT molecular complexity index is 1060. The standard InChI is InChI=1S/2C9H12O.C6H6O.2C6H6.C2H6.CH4O/c2*1-7(2)8-3-5-9(10)6-4-8;7-6-4-2-1-3-5-6;2*1-2-4-6-5-3-1;2*1-2/h2*3-7,10H,1-2H3;1-5,7H;2*1-6H;1-2H3;2H,1H3. The van der Waals surface area contributed by atoms with Crippen LogP contribution in [0.2, 0.25) is 0 Å². The molecule has 0 saturated heterocycles. The van der Waals surface area contributed by atoms with Crippen LogP contribution in [0.4, 0.5) is 0 Å². The molecule has 0 unspecified atom stereocenters. The number of hydrogen-bond acceptors (Lipinski definition) is 4. The van der Waals surface area contributed by atoms with E-state index in [2.05, 4.69) is 27.7 Å². The van der Waals surface area contributed by atoms with Gasteiger partial charge in [-0.25, -0.2) is 0 Å². The summed E-state index contributed by atoms with van der Waals surface area (Å²) in [6, 6.07) is 47.4. The van der Waals surface area contributed by atoms with Gasteiger partial charge in [-0.15, -0.1) is 0 Å². The highest BCUT2D eigenvalue weighted by Crippen LogP contribution is 2.17. The largest absolute Gasteiger partial charge is 0.508 e. The van der Waals surface area contributed by atoms with Gasteiger partial charge in [0.2, 0.25) is 0 Å². The number of phenolic OH excluding ortho intramolecular Hbond substituents is 3. The van der Waals surface area contributed by atoms with Crippen LogP contribution in [0.25, 0.3) is 0 Å². The fourth-order valence-electron chi connectivity index (χ4n) is 2.92. The molecule has 0 heterocycles. The van der Waals surface area contributed by atoms with Crippen LogP contribution in [0.3, 0.4) is 0 Å². The zero-order valence-electron chi connectivity index (χ0n) is 26.9. The molecule has 5 aromatic rings. The molecule has 0 aromatic heterocycles. The van der Waals surface area contributed by atoms with Crippen molar-refractivity contribution in [2.24, 2.45) is 0 Å². The number of aliphatic hydroxyl groups excluding tert-OH is 1. The highest BCUT2D eigenvalue weighted by atomic mass is 16.3. The molecule has 0 atom stereocenters. The van der Waals surface area contributed by atoms with E-state index in [1.54, 1.807) is 48.5 Å². The molecule has 0 saturated carbocycles. The van der Waals surface area contributed by atoms with Crippen LogP contribution < -0.4 is 0 Å². The minimum Gasteiger partial charge on any atom is -0.508 e. The lowest BCUT2D eigenvalue weighted by Crippen LogP contribution is -1.84. The van der Waals surface area contributed by atoms with Crippen LogP contribution in [-0.4, -0.2) is 27.5 Å². The second-order valence-electron chi connectivity index (χ2n) is 9.14. The summed E-state index contributed by atoms with van der Waals surface area (Å²) in [6.07, 6.45) is 0. The predicted octanol–water partition coefficient (Wildman–Crippen LogP) is 10.4. The fourth-order valence-corrected chi connectivity index (χ4v) is 2.92. The monoisotopic (exact) mass is 584 g/mol. The number of rotatable bonds is 2. The molecule has 0 aliphatic rings. The van der Waals surface area contributed by atoms with Crippen molar-refractivity contribution in [3.05, 3.63) is 163 Å². The van der Waals surface area contributed by atoms with E-state index in [4.69, 9.17) is 20.4 Å². The third-order valence-electron chi connectivity index (χ3n) is 5.21. The van der Waals surface area contributed by atoms with Gasteiger partial charge in [0.1, 0.15) is 17.2 Å². The van der Waals surface area contributed by atoms with E-state index in [1.807, 2.05) is 117 Å². The van der Waals surface area contributed by atoms with Gasteiger partial charge in [-0.05, 0) is 59.4 Å². The maximum absolute atomic E-state index is 8.94. The molecule has 4 N–H and O–H groups in total. The Kier molecular flexibility index (Phi) is 27.4. The van der Waals surface area contributed by atoms with Crippen LogP contribution in [0.15, 0.2) is 152 Å². The van der Waals surface area contributed by atoms with Crippen LogP contribution in [0, 0.1) is 0 Å². The van der Waals surface area contributed by atoms with Crippen LogP contribution in [0.1, 0.15) is 64.5 Å². The normalized spacial score (nSPS) is 8.70. The van der Waals surface area contributed by atoms with E-state index < -0.39 is 0 Å². The summed E-state index contributed by atoms with van der Waals surface area (Å²) < 4.78 is 0. The average molecular weight is 585 g/mol. The van der Waals surface area contributed by atoms with Crippen molar-refractivity contribution in [3.63, 3.8) is 0 Å².